The first kappa shape index (κ1) is 17.0. The summed E-state index contributed by atoms with van der Waals surface area (Å²) in [6.07, 6.45) is 0.100. The molecular weight excluding hydrogens is 316 g/mol. The number of hydrogen-bond donors (Lipinski definition) is 1. The number of nitrogens with zero attached hydrogens (tertiary/aromatic N) is 1. The molecule has 0 bridgehead atoms. The second-order valence-electron chi connectivity index (χ2n) is 6.52. The third-order valence-electron chi connectivity index (χ3n) is 4.78. The molecule has 0 fully saturated rings. The van der Waals surface area contributed by atoms with Gasteiger partial charge in [-0.25, -0.2) is 0 Å². The van der Waals surface area contributed by atoms with Crippen molar-refractivity contribution in [3.63, 3.8) is 0 Å². The van der Waals surface area contributed by atoms with E-state index in [1.807, 2.05) is 55.5 Å². The lowest BCUT2D eigenvalue weighted by Crippen LogP contribution is -2.40. The zero-order valence-corrected chi connectivity index (χ0v) is 14.7. The number of nitrogens with one attached hydrogen (secondary N) is 1. The van der Waals surface area contributed by atoms with Crippen LogP contribution in [-0.4, -0.2) is 26.0 Å². The Morgan fingerprint density at radius 2 is 1.92 bits per heavy atom. The van der Waals surface area contributed by atoms with E-state index in [0.717, 1.165) is 16.8 Å². The Labute approximate surface area is 147 Å². The number of hydrogen-bond acceptors (Lipinski definition) is 3. The lowest BCUT2D eigenvalue weighted by molar-refractivity contribution is -0.129. The summed E-state index contributed by atoms with van der Waals surface area (Å²) in [4.78, 5) is 26.9. The first-order valence-electron chi connectivity index (χ1n) is 8.23. The molecule has 1 aliphatic heterocycles. The maximum absolute atomic E-state index is 12.8. The van der Waals surface area contributed by atoms with Gasteiger partial charge in [-0.1, -0.05) is 30.3 Å². The molecule has 2 aromatic carbocycles. The van der Waals surface area contributed by atoms with Crippen LogP contribution in [0.25, 0.3) is 0 Å². The lowest BCUT2D eigenvalue weighted by Gasteiger charge is -2.23. The van der Waals surface area contributed by atoms with Crippen molar-refractivity contribution in [3.05, 3.63) is 59.7 Å². The van der Waals surface area contributed by atoms with Crippen molar-refractivity contribution in [2.24, 2.45) is 0 Å². The summed E-state index contributed by atoms with van der Waals surface area (Å²) < 4.78 is 5.28. The molecule has 1 unspecified atom stereocenters. The monoisotopic (exact) mass is 338 g/mol. The van der Waals surface area contributed by atoms with Crippen molar-refractivity contribution in [2.45, 2.75) is 25.3 Å². The summed E-state index contributed by atoms with van der Waals surface area (Å²) >= 11 is 0. The van der Waals surface area contributed by atoms with Gasteiger partial charge in [-0.15, -0.1) is 0 Å². The largest absolute Gasteiger partial charge is 0.497 e. The van der Waals surface area contributed by atoms with Gasteiger partial charge in [-0.05, 0) is 36.2 Å². The number of methoxy groups -OCH3 is 1. The van der Waals surface area contributed by atoms with Gasteiger partial charge in [0.1, 0.15) is 5.75 Å². The van der Waals surface area contributed by atoms with Crippen LogP contribution in [0.15, 0.2) is 48.5 Å². The minimum Gasteiger partial charge on any atom is -0.497 e. The van der Waals surface area contributed by atoms with E-state index < -0.39 is 5.41 Å². The van der Waals surface area contributed by atoms with E-state index in [4.69, 9.17) is 4.74 Å². The number of benzene rings is 2. The van der Waals surface area contributed by atoms with Gasteiger partial charge >= 0.3 is 0 Å². The van der Waals surface area contributed by atoms with Crippen molar-refractivity contribution < 1.29 is 14.3 Å². The molecule has 5 heteroatoms. The number of ether oxygens (including phenoxy) is 1. The minimum atomic E-state index is -0.889. The van der Waals surface area contributed by atoms with Crippen LogP contribution in [0.1, 0.15) is 24.5 Å². The number of carbonyl (C=O) groups excluding carboxylic acids is 2. The van der Waals surface area contributed by atoms with E-state index in [1.54, 1.807) is 19.1 Å². The van der Waals surface area contributed by atoms with Crippen molar-refractivity contribution in [1.82, 2.24) is 5.32 Å². The highest BCUT2D eigenvalue weighted by atomic mass is 16.5. The average molecular weight is 338 g/mol. The Hall–Kier alpha value is -2.82. The smallest absolute Gasteiger partial charge is 0.237 e. The van der Waals surface area contributed by atoms with Crippen LogP contribution < -0.4 is 15.0 Å². The molecule has 0 aromatic heterocycles. The van der Waals surface area contributed by atoms with Crippen molar-refractivity contribution >= 4 is 17.5 Å². The van der Waals surface area contributed by atoms with Gasteiger partial charge in [0.2, 0.25) is 11.8 Å². The summed E-state index contributed by atoms with van der Waals surface area (Å²) in [5.74, 6) is 0.451. The van der Waals surface area contributed by atoms with Crippen LogP contribution in [0, 0.1) is 0 Å². The van der Waals surface area contributed by atoms with Crippen molar-refractivity contribution in [2.75, 3.05) is 19.1 Å². The molecule has 2 amide bonds. The van der Waals surface area contributed by atoms with Crippen LogP contribution in [-0.2, 0) is 21.5 Å². The molecule has 0 aliphatic carbocycles. The number of fused-ring (bicyclic) bond motifs is 1. The molecule has 1 heterocycles. The van der Waals surface area contributed by atoms with Crippen LogP contribution in [0.2, 0.25) is 0 Å². The van der Waals surface area contributed by atoms with E-state index in [0.29, 0.717) is 12.3 Å². The van der Waals surface area contributed by atoms with Gasteiger partial charge in [-0.3, -0.25) is 9.59 Å². The van der Waals surface area contributed by atoms with Crippen LogP contribution in [0.4, 0.5) is 5.69 Å². The number of rotatable bonds is 5. The Balaban J connectivity index is 1.79. The summed E-state index contributed by atoms with van der Waals surface area (Å²) in [5.41, 5.74) is 1.79. The Morgan fingerprint density at radius 1 is 1.20 bits per heavy atom. The molecule has 1 atom stereocenters. The number of carbonyl (C=O) groups is 2. The third-order valence-corrected chi connectivity index (χ3v) is 4.78. The van der Waals surface area contributed by atoms with Crippen molar-refractivity contribution in [3.8, 4) is 5.75 Å². The van der Waals surface area contributed by atoms with E-state index in [9.17, 15) is 9.59 Å². The highest BCUT2D eigenvalue weighted by molar-refractivity contribution is 6.09. The SMILES string of the molecule is COc1ccc2c(c1)C(C)(CC(=O)NCc1ccccc1)C(=O)N2C. The highest BCUT2D eigenvalue weighted by Gasteiger charge is 2.47. The molecule has 5 nitrogen and oxygen atoms in total. The van der Waals surface area contributed by atoms with Gasteiger partial charge < -0.3 is 15.0 Å². The standard InChI is InChI=1S/C20H22N2O3/c1-20(12-18(23)21-13-14-7-5-4-6-8-14)16-11-15(25-3)9-10-17(16)22(2)19(20)24/h4-11H,12-13H2,1-3H3,(H,21,23). The van der Waals surface area contributed by atoms with Gasteiger partial charge in [0.05, 0.1) is 12.5 Å². The van der Waals surface area contributed by atoms with Gasteiger partial charge in [0.15, 0.2) is 0 Å². The maximum Gasteiger partial charge on any atom is 0.237 e. The van der Waals surface area contributed by atoms with Crippen molar-refractivity contribution in [1.29, 1.82) is 0 Å². The molecule has 2 aromatic rings. The van der Waals surface area contributed by atoms with E-state index in [1.165, 1.54) is 0 Å². The Morgan fingerprint density at radius 3 is 2.60 bits per heavy atom. The van der Waals surface area contributed by atoms with Crippen LogP contribution in [0.3, 0.4) is 0 Å². The van der Waals surface area contributed by atoms with Crippen LogP contribution in [0.5, 0.6) is 5.75 Å². The molecule has 3 rings (SSSR count). The molecule has 0 spiro atoms. The summed E-state index contributed by atoms with van der Waals surface area (Å²) in [7, 11) is 3.33. The second-order valence-corrected chi connectivity index (χ2v) is 6.52. The summed E-state index contributed by atoms with van der Waals surface area (Å²) in [6.45, 7) is 2.27. The molecule has 25 heavy (non-hydrogen) atoms. The Kier molecular flexibility index (Phi) is 4.49. The molecule has 1 aliphatic rings. The first-order chi connectivity index (χ1) is 12.0. The van der Waals surface area contributed by atoms with Gasteiger partial charge in [0.25, 0.3) is 0 Å². The van der Waals surface area contributed by atoms with E-state index in [-0.39, 0.29) is 18.2 Å². The minimum absolute atomic E-state index is 0.0781. The average Bonchev–Trinajstić information content (AvgIpc) is 2.82. The molecule has 130 valence electrons. The molecule has 0 radical (unpaired) electrons. The lowest BCUT2D eigenvalue weighted by atomic mass is 9.80. The zero-order valence-electron chi connectivity index (χ0n) is 14.7. The van der Waals surface area contributed by atoms with E-state index >= 15 is 0 Å². The fraction of sp³-hybridized carbons (Fsp3) is 0.300. The number of anilines is 1. The fourth-order valence-electron chi connectivity index (χ4n) is 3.32. The van der Waals surface area contributed by atoms with E-state index in [2.05, 4.69) is 5.32 Å². The third kappa shape index (κ3) is 3.09. The highest BCUT2D eigenvalue weighted by Crippen LogP contribution is 2.44. The fourth-order valence-corrected chi connectivity index (χ4v) is 3.32. The Bertz CT molecular complexity index is 804. The molecule has 1 N–H and O–H groups in total. The predicted molar refractivity (Wildman–Crippen MR) is 96.7 cm³/mol. The number of amides is 2. The second kappa shape index (κ2) is 6.59. The molecule has 0 saturated carbocycles. The maximum atomic E-state index is 12.8. The van der Waals surface area contributed by atoms with Gasteiger partial charge in [-0.2, -0.15) is 0 Å². The summed E-state index contributed by atoms with van der Waals surface area (Å²) in [6, 6.07) is 15.2. The first-order valence-corrected chi connectivity index (χ1v) is 8.23. The normalized spacial score (nSPS) is 18.8. The van der Waals surface area contributed by atoms with Gasteiger partial charge in [0, 0.05) is 25.7 Å². The molecular formula is C20H22N2O3. The topological polar surface area (TPSA) is 58.6 Å². The quantitative estimate of drug-likeness (QED) is 0.912. The number of likely N-dealkylation sites (N-methyl/N-ethyl adjacent to an activating group) is 1. The predicted octanol–water partition coefficient (Wildman–Crippen LogP) is 2.64. The summed E-state index contributed by atoms with van der Waals surface area (Å²) in [5, 5.41) is 2.90. The molecule has 0 saturated heterocycles. The van der Waals surface area contributed by atoms with Crippen LogP contribution >= 0.6 is 0 Å². The zero-order chi connectivity index (χ0) is 18.0.